The van der Waals surface area contributed by atoms with E-state index in [0.717, 1.165) is 42.9 Å². The van der Waals surface area contributed by atoms with E-state index in [1.165, 1.54) is 0 Å². The summed E-state index contributed by atoms with van der Waals surface area (Å²) in [5, 5.41) is 22.9. The predicted molar refractivity (Wildman–Crippen MR) is 152 cm³/mol. The fourth-order valence-electron chi connectivity index (χ4n) is 5.82. The van der Waals surface area contributed by atoms with E-state index in [1.807, 2.05) is 53.1 Å². The Morgan fingerprint density at radius 2 is 1.57 bits per heavy atom. The summed E-state index contributed by atoms with van der Waals surface area (Å²) in [6.07, 6.45) is 5.93. The monoisotopic (exact) mass is 549 g/mol. The Kier molecular flexibility index (Phi) is 9.09. The van der Waals surface area contributed by atoms with Gasteiger partial charge in [0.2, 0.25) is 0 Å². The number of rotatable bonds is 14. The van der Waals surface area contributed by atoms with Gasteiger partial charge < -0.3 is 25.2 Å². The van der Waals surface area contributed by atoms with E-state index in [2.05, 4.69) is 48.5 Å². The zero-order valence-corrected chi connectivity index (χ0v) is 23.6. The summed E-state index contributed by atoms with van der Waals surface area (Å²) in [5.41, 5.74) is 1.97. The first-order chi connectivity index (χ1) is 19.1. The van der Waals surface area contributed by atoms with Crippen LogP contribution >= 0.6 is 0 Å². The van der Waals surface area contributed by atoms with Crippen LogP contribution in [0, 0.1) is 10.8 Å². The summed E-state index contributed by atoms with van der Waals surface area (Å²) in [7, 11) is 0. The molecule has 214 valence electrons. The third-order valence-electron chi connectivity index (χ3n) is 7.59. The molecule has 40 heavy (non-hydrogen) atoms. The van der Waals surface area contributed by atoms with Gasteiger partial charge in [0, 0.05) is 47.0 Å². The number of carbonyl (C=O) groups is 2. The number of carboxylic acid groups (broad SMARTS) is 1. The van der Waals surface area contributed by atoms with E-state index in [9.17, 15) is 9.59 Å². The van der Waals surface area contributed by atoms with Gasteiger partial charge in [-0.1, -0.05) is 27.7 Å². The highest BCUT2D eigenvalue weighted by Crippen LogP contribution is 2.55. The Morgan fingerprint density at radius 3 is 2.20 bits per heavy atom. The number of nitrogens with one attached hydrogen (secondary N) is 2. The number of aromatic nitrogens is 3. The van der Waals surface area contributed by atoms with E-state index in [4.69, 9.17) is 14.6 Å². The van der Waals surface area contributed by atoms with Crippen LogP contribution in [0.25, 0.3) is 5.69 Å². The maximum atomic E-state index is 13.1. The first-order valence-electron chi connectivity index (χ1n) is 13.6. The van der Waals surface area contributed by atoms with Crippen LogP contribution in [0.15, 0.2) is 61.2 Å². The minimum atomic E-state index is -0.945. The van der Waals surface area contributed by atoms with Crippen molar-refractivity contribution in [2.24, 2.45) is 10.8 Å². The molecule has 1 amide bonds. The number of nitrogens with zero attached hydrogens (tertiary/aromatic N) is 3. The molecule has 0 radical (unpaired) electrons. The smallest absolute Gasteiger partial charge is 0.329 e. The van der Waals surface area contributed by atoms with Crippen molar-refractivity contribution in [2.75, 3.05) is 25.1 Å². The number of anilines is 1. The largest absolute Gasteiger partial charge is 0.489 e. The normalized spacial score (nSPS) is 18.9. The Bertz CT molecular complexity index is 1240. The summed E-state index contributed by atoms with van der Waals surface area (Å²) in [5.74, 6) is -0.266. The lowest BCUT2D eigenvalue weighted by molar-refractivity contribution is -0.164. The Morgan fingerprint density at radius 1 is 0.925 bits per heavy atom. The van der Waals surface area contributed by atoms with Crippen LogP contribution in [0.2, 0.25) is 0 Å². The lowest BCUT2D eigenvalue weighted by atomic mass is 9.49. The van der Waals surface area contributed by atoms with Crippen LogP contribution in [-0.4, -0.2) is 63.7 Å². The molecule has 1 aliphatic carbocycles. The van der Waals surface area contributed by atoms with Gasteiger partial charge >= 0.3 is 5.97 Å². The van der Waals surface area contributed by atoms with Crippen LogP contribution in [0.4, 0.5) is 5.69 Å². The SMILES string of the molecule is CC1(C)C(NC(=O)c2ccc(NCCCCCOCC(=O)O)cc2)C(C)(C)C1Oc1ccc(-n2cnnc2)cc1. The summed E-state index contributed by atoms with van der Waals surface area (Å²) >= 11 is 0. The van der Waals surface area contributed by atoms with Crippen molar-refractivity contribution in [3.8, 4) is 11.4 Å². The molecule has 1 saturated carbocycles. The highest BCUT2D eigenvalue weighted by atomic mass is 16.5. The van der Waals surface area contributed by atoms with Gasteiger partial charge in [0.05, 0.1) is 0 Å². The van der Waals surface area contributed by atoms with Gasteiger partial charge in [-0.3, -0.25) is 9.36 Å². The van der Waals surface area contributed by atoms with Gasteiger partial charge in [-0.25, -0.2) is 4.79 Å². The quantitative estimate of drug-likeness (QED) is 0.250. The number of carboxylic acids is 1. The molecule has 1 heterocycles. The van der Waals surface area contributed by atoms with E-state index < -0.39 is 5.97 Å². The van der Waals surface area contributed by atoms with Crippen LogP contribution in [-0.2, 0) is 9.53 Å². The number of amides is 1. The third-order valence-corrected chi connectivity index (χ3v) is 7.59. The number of ether oxygens (including phenoxy) is 2. The molecular formula is C30H39N5O5. The fourth-order valence-corrected chi connectivity index (χ4v) is 5.82. The van der Waals surface area contributed by atoms with Crippen molar-refractivity contribution in [3.05, 3.63) is 66.7 Å². The lowest BCUT2D eigenvalue weighted by Crippen LogP contribution is -2.74. The van der Waals surface area contributed by atoms with Gasteiger partial charge in [0.1, 0.15) is 31.1 Å². The molecule has 0 atom stereocenters. The van der Waals surface area contributed by atoms with Crippen LogP contribution in [0.1, 0.15) is 57.3 Å². The standard InChI is InChI=1S/C30H39N5O5/c1-29(2)27(30(3,4)28(29)40-24-14-12-23(13-15-24)35-19-32-33-20-35)34-26(38)21-8-10-22(11-9-21)31-16-6-5-7-17-39-18-25(36)37/h8-15,19-20,27-28,31H,5-7,16-18H2,1-4H3,(H,34,38)(H,36,37). The van der Waals surface area contributed by atoms with Crippen molar-refractivity contribution in [2.45, 2.75) is 59.1 Å². The molecular weight excluding hydrogens is 510 g/mol. The van der Waals surface area contributed by atoms with E-state index in [1.54, 1.807) is 12.7 Å². The molecule has 4 rings (SSSR count). The van der Waals surface area contributed by atoms with Crippen LogP contribution in [0.3, 0.4) is 0 Å². The molecule has 3 aromatic rings. The van der Waals surface area contributed by atoms with Crippen LogP contribution < -0.4 is 15.4 Å². The number of aliphatic carboxylic acids is 1. The first-order valence-corrected chi connectivity index (χ1v) is 13.6. The minimum Gasteiger partial charge on any atom is -0.489 e. The van der Waals surface area contributed by atoms with Crippen molar-refractivity contribution >= 4 is 17.6 Å². The number of unbranched alkanes of at least 4 members (excludes halogenated alkanes) is 2. The number of benzene rings is 2. The zero-order valence-electron chi connectivity index (χ0n) is 23.6. The molecule has 0 unspecified atom stereocenters. The molecule has 1 aliphatic rings. The topological polar surface area (TPSA) is 128 Å². The van der Waals surface area contributed by atoms with Crippen molar-refractivity contribution in [3.63, 3.8) is 0 Å². The van der Waals surface area contributed by atoms with Gasteiger partial charge in [-0.05, 0) is 67.8 Å². The summed E-state index contributed by atoms with van der Waals surface area (Å²) in [4.78, 5) is 23.6. The second-order valence-corrected chi connectivity index (χ2v) is 11.4. The molecule has 1 aromatic heterocycles. The second kappa shape index (κ2) is 12.5. The molecule has 10 heteroatoms. The first kappa shape index (κ1) is 29.1. The molecule has 3 N–H and O–H groups in total. The zero-order chi connectivity index (χ0) is 28.8. The Labute approximate surface area is 235 Å². The molecule has 0 bridgehead atoms. The average Bonchev–Trinajstić information content (AvgIpc) is 3.47. The molecule has 0 saturated heterocycles. The Balaban J connectivity index is 1.24. The number of hydrogen-bond donors (Lipinski definition) is 3. The van der Waals surface area contributed by atoms with Gasteiger partial charge in [0.15, 0.2) is 0 Å². The van der Waals surface area contributed by atoms with Crippen LogP contribution in [0.5, 0.6) is 5.75 Å². The molecule has 10 nitrogen and oxygen atoms in total. The third kappa shape index (κ3) is 6.80. The summed E-state index contributed by atoms with van der Waals surface area (Å²) < 4.78 is 13.3. The Hall–Kier alpha value is -3.92. The number of carbonyl (C=O) groups excluding carboxylic acids is 1. The fraction of sp³-hybridized carbons (Fsp3) is 0.467. The highest BCUT2D eigenvalue weighted by Gasteiger charge is 2.64. The minimum absolute atomic E-state index is 0.0638. The van der Waals surface area contributed by atoms with Gasteiger partial charge in [0.25, 0.3) is 5.91 Å². The van der Waals surface area contributed by atoms with E-state index >= 15 is 0 Å². The highest BCUT2D eigenvalue weighted by molar-refractivity contribution is 5.95. The number of hydrogen-bond acceptors (Lipinski definition) is 7. The van der Waals surface area contributed by atoms with E-state index in [0.29, 0.717) is 12.2 Å². The maximum absolute atomic E-state index is 13.1. The van der Waals surface area contributed by atoms with Crippen molar-refractivity contribution in [1.29, 1.82) is 0 Å². The van der Waals surface area contributed by atoms with Gasteiger partial charge in [-0.15, -0.1) is 10.2 Å². The molecule has 0 aliphatic heterocycles. The average molecular weight is 550 g/mol. The second-order valence-electron chi connectivity index (χ2n) is 11.4. The molecule has 0 spiro atoms. The molecule has 2 aromatic carbocycles. The summed E-state index contributed by atoms with van der Waals surface area (Å²) in [6.45, 7) is 9.52. The summed E-state index contributed by atoms with van der Waals surface area (Å²) in [6, 6.07) is 15.3. The van der Waals surface area contributed by atoms with Crippen molar-refractivity contribution in [1.82, 2.24) is 20.1 Å². The van der Waals surface area contributed by atoms with Crippen molar-refractivity contribution < 1.29 is 24.2 Å². The predicted octanol–water partition coefficient (Wildman–Crippen LogP) is 4.56. The molecule has 1 fully saturated rings. The van der Waals surface area contributed by atoms with Gasteiger partial charge in [-0.2, -0.15) is 0 Å². The maximum Gasteiger partial charge on any atom is 0.329 e. The lowest BCUT2D eigenvalue weighted by Gasteiger charge is -2.63. The van der Waals surface area contributed by atoms with E-state index in [-0.39, 0.29) is 35.5 Å².